The average Bonchev–Trinajstić information content (AvgIpc) is 2.95. The fourth-order valence-electron chi connectivity index (χ4n) is 4.60. The first-order valence-electron chi connectivity index (χ1n) is 13.2. The van der Waals surface area contributed by atoms with Gasteiger partial charge in [-0.1, -0.05) is 53.5 Å². The number of nitrogens with zero attached hydrogens (tertiary/aromatic N) is 2. The van der Waals surface area contributed by atoms with Crippen molar-refractivity contribution in [1.29, 1.82) is 0 Å². The summed E-state index contributed by atoms with van der Waals surface area (Å²) >= 11 is 12.5. The van der Waals surface area contributed by atoms with Gasteiger partial charge in [0.25, 0.3) is 0 Å². The summed E-state index contributed by atoms with van der Waals surface area (Å²) in [5, 5.41) is 12.6. The van der Waals surface area contributed by atoms with Gasteiger partial charge >= 0.3 is 5.97 Å². The van der Waals surface area contributed by atoms with Gasteiger partial charge in [0, 0.05) is 44.4 Å². The average molecular weight is 571 g/mol. The van der Waals surface area contributed by atoms with Crippen molar-refractivity contribution in [1.82, 2.24) is 4.90 Å². The molecule has 5 rings (SSSR count). The van der Waals surface area contributed by atoms with Crippen molar-refractivity contribution in [2.75, 3.05) is 49.5 Å². The minimum absolute atomic E-state index is 0.0809. The number of ether oxygens (including phenoxy) is 1. The number of unbranched alkanes of at least 4 members (excludes halogenated alkanes) is 1. The summed E-state index contributed by atoms with van der Waals surface area (Å²) in [7, 11) is 0. The number of hydrogen-bond donors (Lipinski definition) is 2. The summed E-state index contributed by atoms with van der Waals surface area (Å²) in [6.45, 7) is 5.71. The molecule has 9 heteroatoms. The van der Waals surface area contributed by atoms with Crippen LogP contribution in [0.2, 0.25) is 10.0 Å². The molecule has 1 amide bonds. The minimum Gasteiger partial charge on any atom is -0.494 e. The van der Waals surface area contributed by atoms with E-state index in [0.717, 1.165) is 69.1 Å². The van der Waals surface area contributed by atoms with Crippen LogP contribution in [0.1, 0.15) is 35.2 Å². The molecule has 0 unspecified atom stereocenters. The number of rotatable bonds is 8. The molecule has 2 aliphatic heterocycles. The van der Waals surface area contributed by atoms with Crippen LogP contribution in [0.5, 0.6) is 5.75 Å². The van der Waals surface area contributed by atoms with E-state index in [-0.39, 0.29) is 5.91 Å². The van der Waals surface area contributed by atoms with Gasteiger partial charge in [0.05, 0.1) is 27.9 Å². The number of anilines is 2. The summed E-state index contributed by atoms with van der Waals surface area (Å²) in [5.74, 6) is 0.0240. The van der Waals surface area contributed by atoms with Crippen molar-refractivity contribution in [2.24, 2.45) is 0 Å². The SMILES string of the molecule is O=C(O)c1ccccc1.O=C1CCc2ccc(OCCCCN3CCN(c4cccc(Cl)c4Cl)CC3)cc2N1. The smallest absolute Gasteiger partial charge is 0.335 e. The van der Waals surface area contributed by atoms with E-state index in [9.17, 15) is 9.59 Å². The zero-order valence-corrected chi connectivity index (χ0v) is 23.3. The molecule has 39 heavy (non-hydrogen) atoms. The van der Waals surface area contributed by atoms with E-state index < -0.39 is 5.97 Å². The maximum atomic E-state index is 11.5. The minimum atomic E-state index is -0.879. The van der Waals surface area contributed by atoms with Gasteiger partial charge in [-0.25, -0.2) is 4.79 Å². The quantitative estimate of drug-likeness (QED) is 0.312. The number of carbonyl (C=O) groups is 2. The summed E-state index contributed by atoms with van der Waals surface area (Å²) in [4.78, 5) is 26.5. The molecule has 0 radical (unpaired) electrons. The van der Waals surface area contributed by atoms with Crippen molar-refractivity contribution in [3.8, 4) is 5.75 Å². The van der Waals surface area contributed by atoms with Gasteiger partial charge in [0.2, 0.25) is 5.91 Å². The number of benzene rings is 3. The molecule has 7 nitrogen and oxygen atoms in total. The molecule has 3 aromatic rings. The van der Waals surface area contributed by atoms with Gasteiger partial charge in [-0.2, -0.15) is 0 Å². The predicted octanol–water partition coefficient (Wildman–Crippen LogP) is 6.24. The van der Waals surface area contributed by atoms with E-state index in [4.69, 9.17) is 33.0 Å². The van der Waals surface area contributed by atoms with E-state index in [2.05, 4.69) is 21.2 Å². The third kappa shape index (κ3) is 8.36. The zero-order valence-electron chi connectivity index (χ0n) is 21.7. The second-order valence-corrected chi connectivity index (χ2v) is 10.3. The number of aryl methyl sites for hydroxylation is 1. The third-order valence-corrected chi connectivity index (χ3v) is 7.59. The van der Waals surface area contributed by atoms with Crippen LogP contribution < -0.4 is 15.0 Å². The predicted molar refractivity (Wildman–Crippen MR) is 157 cm³/mol. The van der Waals surface area contributed by atoms with Gasteiger partial charge in [0.15, 0.2) is 0 Å². The Morgan fingerprint density at radius 3 is 2.41 bits per heavy atom. The number of halogens is 2. The highest BCUT2D eigenvalue weighted by Gasteiger charge is 2.19. The second kappa shape index (κ2) is 14.2. The Labute approximate surface area is 239 Å². The number of fused-ring (bicyclic) bond motifs is 1. The molecule has 0 aliphatic carbocycles. The largest absolute Gasteiger partial charge is 0.494 e. The van der Waals surface area contributed by atoms with Crippen LogP contribution >= 0.6 is 23.2 Å². The fraction of sp³-hybridized carbons (Fsp3) is 0.333. The Bertz CT molecular complexity index is 1260. The van der Waals surface area contributed by atoms with Crippen LogP contribution in [-0.2, 0) is 11.2 Å². The number of carboxylic acid groups (broad SMARTS) is 1. The first-order chi connectivity index (χ1) is 18.9. The Balaban J connectivity index is 0.000000333. The molecule has 0 saturated carbocycles. The normalized spacial score (nSPS) is 15.0. The lowest BCUT2D eigenvalue weighted by atomic mass is 10.0. The highest BCUT2D eigenvalue weighted by molar-refractivity contribution is 6.43. The standard InChI is InChI=1S/C23H27Cl2N3O2.C7H6O2/c24-19-4-3-5-21(23(19)25)28-13-11-27(12-14-28)10-1-2-15-30-18-8-6-17-7-9-22(29)26-20(17)16-18;8-7(9)6-4-2-1-3-5-6/h3-6,8,16H,1-2,7,9-15H2,(H,26,29);1-5H,(H,8,9). The molecular weight excluding hydrogens is 537 g/mol. The van der Waals surface area contributed by atoms with Gasteiger partial charge in [0.1, 0.15) is 5.75 Å². The Hall–Kier alpha value is -3.26. The summed E-state index contributed by atoms with van der Waals surface area (Å²) in [6.07, 6.45) is 3.47. The molecule has 206 valence electrons. The maximum absolute atomic E-state index is 11.5. The van der Waals surface area contributed by atoms with E-state index in [0.29, 0.717) is 28.6 Å². The number of piperazine rings is 1. The third-order valence-electron chi connectivity index (χ3n) is 6.78. The summed E-state index contributed by atoms with van der Waals surface area (Å²) < 4.78 is 5.89. The lowest BCUT2D eigenvalue weighted by molar-refractivity contribution is -0.116. The summed E-state index contributed by atoms with van der Waals surface area (Å²) in [6, 6.07) is 20.1. The van der Waals surface area contributed by atoms with Crippen LogP contribution in [0.4, 0.5) is 11.4 Å². The van der Waals surface area contributed by atoms with Crippen LogP contribution in [0.15, 0.2) is 66.7 Å². The van der Waals surface area contributed by atoms with Crippen molar-refractivity contribution in [3.63, 3.8) is 0 Å². The first-order valence-corrected chi connectivity index (χ1v) is 13.9. The zero-order chi connectivity index (χ0) is 27.6. The Kier molecular flexibility index (Phi) is 10.5. The molecule has 0 bridgehead atoms. The number of nitrogens with one attached hydrogen (secondary N) is 1. The van der Waals surface area contributed by atoms with Crippen LogP contribution in [-0.4, -0.2) is 61.2 Å². The molecule has 0 atom stereocenters. The summed E-state index contributed by atoms with van der Waals surface area (Å²) in [5.41, 5.74) is 3.43. The molecule has 0 spiro atoms. The first kappa shape index (κ1) is 28.7. The van der Waals surface area contributed by atoms with Crippen LogP contribution in [0.3, 0.4) is 0 Å². The Morgan fingerprint density at radius 1 is 0.923 bits per heavy atom. The fourth-order valence-corrected chi connectivity index (χ4v) is 5.01. The lowest BCUT2D eigenvalue weighted by Gasteiger charge is -2.36. The van der Waals surface area contributed by atoms with Crippen molar-refractivity contribution in [2.45, 2.75) is 25.7 Å². The van der Waals surface area contributed by atoms with E-state index in [1.54, 1.807) is 30.3 Å². The molecule has 1 saturated heterocycles. The highest BCUT2D eigenvalue weighted by atomic mass is 35.5. The van der Waals surface area contributed by atoms with Crippen molar-refractivity contribution in [3.05, 3.63) is 87.9 Å². The molecule has 2 heterocycles. The number of amides is 1. The number of carbonyl (C=O) groups excluding carboxylic acids is 1. The topological polar surface area (TPSA) is 82.1 Å². The monoisotopic (exact) mass is 569 g/mol. The van der Waals surface area contributed by atoms with Crippen molar-refractivity contribution < 1.29 is 19.4 Å². The number of carboxylic acids is 1. The molecule has 2 N–H and O–H groups in total. The second-order valence-electron chi connectivity index (χ2n) is 9.50. The number of aromatic carboxylic acids is 1. The highest BCUT2D eigenvalue weighted by Crippen LogP contribution is 2.33. The molecule has 2 aliphatic rings. The molecular formula is C30H33Cl2N3O4. The molecule has 3 aromatic carbocycles. The van der Waals surface area contributed by atoms with Gasteiger partial charge in [-0.3, -0.25) is 9.69 Å². The molecule has 1 fully saturated rings. The van der Waals surface area contributed by atoms with Gasteiger partial charge in [-0.15, -0.1) is 0 Å². The lowest BCUT2D eigenvalue weighted by Crippen LogP contribution is -2.46. The number of hydrogen-bond acceptors (Lipinski definition) is 5. The van der Waals surface area contributed by atoms with Gasteiger partial charge < -0.3 is 20.1 Å². The van der Waals surface area contributed by atoms with E-state index in [1.807, 2.05) is 30.3 Å². The van der Waals surface area contributed by atoms with Crippen molar-refractivity contribution >= 4 is 46.5 Å². The van der Waals surface area contributed by atoms with Crippen LogP contribution in [0.25, 0.3) is 0 Å². The Morgan fingerprint density at radius 2 is 1.69 bits per heavy atom. The maximum Gasteiger partial charge on any atom is 0.335 e. The molecule has 0 aromatic heterocycles. The van der Waals surface area contributed by atoms with E-state index >= 15 is 0 Å². The van der Waals surface area contributed by atoms with Gasteiger partial charge in [-0.05, 0) is 61.7 Å². The van der Waals surface area contributed by atoms with Crippen LogP contribution in [0, 0.1) is 0 Å². The van der Waals surface area contributed by atoms with E-state index in [1.165, 1.54) is 5.56 Å².